The third kappa shape index (κ3) is 8.71. The van der Waals surface area contributed by atoms with Crippen molar-refractivity contribution in [3.8, 4) is 0 Å². The lowest BCUT2D eigenvalue weighted by atomic mass is 10.0. The van der Waals surface area contributed by atoms with E-state index in [4.69, 9.17) is 11.6 Å². The highest BCUT2D eigenvalue weighted by Crippen LogP contribution is 2.27. The first kappa shape index (κ1) is 33.2. The van der Waals surface area contributed by atoms with Crippen LogP contribution in [0.2, 0.25) is 5.02 Å². The summed E-state index contributed by atoms with van der Waals surface area (Å²) in [7, 11) is -4.17. The van der Waals surface area contributed by atoms with Gasteiger partial charge in [-0.2, -0.15) is 0 Å². The maximum Gasteiger partial charge on any atom is 0.264 e. The first-order valence-electron chi connectivity index (χ1n) is 14.2. The Morgan fingerprint density at radius 2 is 1.52 bits per heavy atom. The fraction of sp³-hybridized carbons (Fsp3) is 0.235. The zero-order chi connectivity index (χ0) is 31.9. The molecule has 1 N–H and O–H groups in total. The van der Waals surface area contributed by atoms with Gasteiger partial charge in [-0.05, 0) is 74.4 Å². The van der Waals surface area contributed by atoms with E-state index in [-0.39, 0.29) is 29.8 Å². The third-order valence-electron chi connectivity index (χ3n) is 6.95. The molecule has 0 aliphatic heterocycles. The Labute approximate surface area is 273 Å². The molecule has 4 aromatic rings. The molecule has 0 aliphatic rings. The number of halogens is 2. The Kier molecular flexibility index (Phi) is 11.2. The van der Waals surface area contributed by atoms with Gasteiger partial charge >= 0.3 is 0 Å². The molecule has 0 saturated heterocycles. The summed E-state index contributed by atoms with van der Waals surface area (Å²) in [6.07, 6.45) is 0.236. The van der Waals surface area contributed by atoms with Gasteiger partial charge in [0, 0.05) is 28.5 Å². The minimum absolute atomic E-state index is 0.0542. The van der Waals surface area contributed by atoms with E-state index in [9.17, 15) is 18.0 Å². The average molecular weight is 697 g/mol. The minimum atomic E-state index is -4.17. The molecule has 0 saturated carbocycles. The number of nitrogens with one attached hydrogen (secondary N) is 1. The molecule has 7 nitrogen and oxygen atoms in total. The van der Waals surface area contributed by atoms with Gasteiger partial charge in [0.1, 0.15) is 12.6 Å². The molecule has 0 radical (unpaired) electrons. The van der Waals surface area contributed by atoms with Crippen LogP contribution >= 0.6 is 27.5 Å². The summed E-state index contributed by atoms with van der Waals surface area (Å²) in [4.78, 5) is 29.7. The standard InChI is InChI=1S/C34H35BrClN3O4S/c1-24(2)37-34(41)32(20-26-8-5-4-6-9-26)38(22-27-14-16-29(36)17-15-27)33(40)23-39(30-11-7-10-28(35)21-30)44(42,43)31-18-12-25(3)13-19-31/h4-19,21,24,32H,20,22-23H2,1-3H3,(H,37,41)/t32-/m0/s1. The number of aryl methyl sites for hydroxylation is 1. The number of rotatable bonds is 12. The van der Waals surface area contributed by atoms with Crippen LogP contribution in [0.15, 0.2) is 112 Å². The molecular formula is C34H35BrClN3O4S. The van der Waals surface area contributed by atoms with Crippen molar-refractivity contribution in [2.75, 3.05) is 10.8 Å². The van der Waals surface area contributed by atoms with Crippen molar-refractivity contribution < 1.29 is 18.0 Å². The number of benzene rings is 4. The predicted molar refractivity (Wildman–Crippen MR) is 179 cm³/mol. The molecule has 0 aromatic heterocycles. The van der Waals surface area contributed by atoms with Crippen LogP contribution in [0.3, 0.4) is 0 Å². The number of anilines is 1. The second kappa shape index (κ2) is 14.9. The van der Waals surface area contributed by atoms with E-state index in [0.717, 1.165) is 21.0 Å². The summed E-state index contributed by atoms with van der Waals surface area (Å²) < 4.78 is 29.9. The van der Waals surface area contributed by atoms with Crippen LogP contribution in [0.1, 0.15) is 30.5 Å². The number of hydrogen-bond acceptors (Lipinski definition) is 4. The van der Waals surface area contributed by atoms with Gasteiger partial charge in [0.15, 0.2) is 0 Å². The van der Waals surface area contributed by atoms with Crippen molar-refractivity contribution in [2.45, 2.75) is 50.7 Å². The summed E-state index contributed by atoms with van der Waals surface area (Å²) in [6.45, 7) is 5.12. The third-order valence-corrected chi connectivity index (χ3v) is 9.49. The maximum absolute atomic E-state index is 14.4. The van der Waals surface area contributed by atoms with Crippen molar-refractivity contribution in [1.29, 1.82) is 0 Å². The van der Waals surface area contributed by atoms with Gasteiger partial charge in [-0.15, -0.1) is 0 Å². The Morgan fingerprint density at radius 3 is 2.14 bits per heavy atom. The molecule has 10 heteroatoms. The number of sulfonamides is 1. The Morgan fingerprint density at radius 1 is 0.864 bits per heavy atom. The summed E-state index contributed by atoms with van der Waals surface area (Å²) in [5, 5.41) is 3.49. The van der Waals surface area contributed by atoms with Crippen LogP contribution in [0.25, 0.3) is 0 Å². The molecule has 4 rings (SSSR count). The van der Waals surface area contributed by atoms with Crippen molar-refractivity contribution in [1.82, 2.24) is 10.2 Å². The van der Waals surface area contributed by atoms with E-state index in [1.165, 1.54) is 17.0 Å². The highest BCUT2D eigenvalue weighted by molar-refractivity contribution is 9.10. The van der Waals surface area contributed by atoms with Gasteiger partial charge in [-0.1, -0.05) is 93.8 Å². The molecule has 4 aromatic carbocycles. The second-order valence-electron chi connectivity index (χ2n) is 10.8. The van der Waals surface area contributed by atoms with Crippen LogP contribution in [-0.4, -0.2) is 43.8 Å². The maximum atomic E-state index is 14.4. The number of amides is 2. The van der Waals surface area contributed by atoms with Crippen molar-refractivity contribution in [3.63, 3.8) is 0 Å². The SMILES string of the molecule is Cc1ccc(S(=O)(=O)N(CC(=O)N(Cc2ccc(Cl)cc2)[C@@H](Cc2ccccc2)C(=O)NC(C)C)c2cccc(Br)c2)cc1. The highest BCUT2D eigenvalue weighted by Gasteiger charge is 2.34. The largest absolute Gasteiger partial charge is 0.352 e. The molecule has 0 bridgehead atoms. The van der Waals surface area contributed by atoms with Crippen LogP contribution in [0.4, 0.5) is 5.69 Å². The fourth-order valence-electron chi connectivity index (χ4n) is 4.72. The summed E-state index contributed by atoms with van der Waals surface area (Å²) in [5.41, 5.74) is 2.82. The van der Waals surface area contributed by atoms with Crippen LogP contribution in [0.5, 0.6) is 0 Å². The van der Waals surface area contributed by atoms with E-state index in [0.29, 0.717) is 15.2 Å². The van der Waals surface area contributed by atoms with E-state index in [2.05, 4.69) is 21.2 Å². The molecule has 0 aliphatic carbocycles. The monoisotopic (exact) mass is 695 g/mol. The molecular weight excluding hydrogens is 662 g/mol. The lowest BCUT2D eigenvalue weighted by molar-refractivity contribution is -0.140. The van der Waals surface area contributed by atoms with Gasteiger partial charge < -0.3 is 10.2 Å². The molecule has 0 heterocycles. The molecule has 2 amide bonds. The fourth-order valence-corrected chi connectivity index (χ4v) is 6.64. The topological polar surface area (TPSA) is 86.8 Å². The first-order chi connectivity index (χ1) is 20.9. The van der Waals surface area contributed by atoms with Gasteiger partial charge in [0.05, 0.1) is 10.6 Å². The smallest absolute Gasteiger partial charge is 0.264 e. The first-order valence-corrected chi connectivity index (χ1v) is 16.8. The van der Waals surface area contributed by atoms with E-state index < -0.39 is 28.5 Å². The lowest BCUT2D eigenvalue weighted by Gasteiger charge is -2.34. The van der Waals surface area contributed by atoms with Crippen molar-refractivity contribution >= 4 is 55.1 Å². The molecule has 1 atom stereocenters. The predicted octanol–water partition coefficient (Wildman–Crippen LogP) is 6.77. The average Bonchev–Trinajstić information content (AvgIpc) is 2.98. The zero-order valence-electron chi connectivity index (χ0n) is 24.8. The highest BCUT2D eigenvalue weighted by atomic mass is 79.9. The Balaban J connectivity index is 1.80. The summed E-state index contributed by atoms with van der Waals surface area (Å²) in [5.74, 6) is -0.864. The van der Waals surface area contributed by atoms with Gasteiger partial charge in [0.25, 0.3) is 10.0 Å². The van der Waals surface area contributed by atoms with Crippen molar-refractivity contribution in [2.24, 2.45) is 0 Å². The molecule has 0 spiro atoms. The Bertz CT molecular complexity index is 1680. The normalized spacial score (nSPS) is 12.0. The van der Waals surface area contributed by atoms with E-state index in [1.807, 2.05) is 51.1 Å². The lowest BCUT2D eigenvalue weighted by Crippen LogP contribution is -2.54. The molecule has 44 heavy (non-hydrogen) atoms. The molecule has 0 fully saturated rings. The number of nitrogens with zero attached hydrogens (tertiary/aromatic N) is 2. The van der Waals surface area contributed by atoms with Crippen molar-refractivity contribution in [3.05, 3.63) is 129 Å². The summed E-state index contributed by atoms with van der Waals surface area (Å²) in [6, 6.07) is 28.6. The van der Waals surface area contributed by atoms with E-state index >= 15 is 0 Å². The minimum Gasteiger partial charge on any atom is -0.352 e. The summed E-state index contributed by atoms with van der Waals surface area (Å²) >= 11 is 9.56. The van der Waals surface area contributed by atoms with Crippen LogP contribution in [-0.2, 0) is 32.6 Å². The van der Waals surface area contributed by atoms with Gasteiger partial charge in [-0.25, -0.2) is 8.42 Å². The van der Waals surface area contributed by atoms with Gasteiger partial charge in [-0.3, -0.25) is 13.9 Å². The quantitative estimate of drug-likeness (QED) is 0.177. The Hall–Kier alpha value is -3.66. The number of hydrogen-bond donors (Lipinski definition) is 1. The van der Waals surface area contributed by atoms with E-state index in [1.54, 1.807) is 60.7 Å². The second-order valence-corrected chi connectivity index (χ2v) is 14.0. The van der Waals surface area contributed by atoms with Crippen LogP contribution < -0.4 is 9.62 Å². The number of carbonyl (C=O) groups is 2. The van der Waals surface area contributed by atoms with Crippen LogP contribution in [0, 0.1) is 6.92 Å². The van der Waals surface area contributed by atoms with Gasteiger partial charge in [0.2, 0.25) is 11.8 Å². The zero-order valence-corrected chi connectivity index (χ0v) is 27.9. The molecule has 230 valence electrons. The number of carbonyl (C=O) groups excluding carboxylic acids is 2. The molecule has 0 unspecified atom stereocenters.